The molecule has 130 valence electrons. The summed E-state index contributed by atoms with van der Waals surface area (Å²) < 4.78 is 1.75. The first-order valence-corrected chi connectivity index (χ1v) is 9.35. The molecule has 5 rings (SSSR count). The third kappa shape index (κ3) is 2.06. The number of rotatable bonds is 2. The molecule has 4 heterocycles. The van der Waals surface area contributed by atoms with Crippen molar-refractivity contribution in [1.29, 1.82) is 0 Å². The minimum Gasteiger partial charge on any atom is -0.363 e. The standard InChI is InChI=1S/C18H16N6OS/c19-16(25)17-21-15-11-23-9-10-26-18(23,14-7-3-4-8-20-14)12-5-1-2-6-13(12)24(15)22-17/h1-8H,9-11H2,(H2,19,25). The number of hydrogen-bond donors (Lipinski definition) is 1. The molecule has 2 aliphatic rings. The van der Waals surface area contributed by atoms with Crippen molar-refractivity contribution in [2.24, 2.45) is 5.73 Å². The number of nitrogens with zero attached hydrogens (tertiary/aromatic N) is 5. The number of nitrogens with two attached hydrogens (primary N) is 1. The lowest BCUT2D eigenvalue weighted by molar-refractivity contribution is 0.0990. The Morgan fingerprint density at radius 1 is 1.19 bits per heavy atom. The summed E-state index contributed by atoms with van der Waals surface area (Å²) in [5.41, 5.74) is 8.41. The molecule has 1 unspecified atom stereocenters. The SMILES string of the molecule is NC(=O)c1nc2n(n1)-c1ccccc1C1(c3ccccn3)SCCN1C2. The minimum absolute atomic E-state index is 0.0481. The maximum absolute atomic E-state index is 11.6. The van der Waals surface area contributed by atoms with Gasteiger partial charge in [-0.25, -0.2) is 9.67 Å². The van der Waals surface area contributed by atoms with Gasteiger partial charge in [0.05, 0.1) is 17.9 Å². The molecule has 8 heteroatoms. The Hall–Kier alpha value is -2.71. The van der Waals surface area contributed by atoms with Crippen LogP contribution < -0.4 is 5.73 Å². The van der Waals surface area contributed by atoms with Crippen molar-refractivity contribution in [1.82, 2.24) is 24.6 Å². The predicted molar refractivity (Wildman–Crippen MR) is 97.8 cm³/mol. The lowest BCUT2D eigenvalue weighted by Gasteiger charge is -2.36. The van der Waals surface area contributed by atoms with Crippen LogP contribution in [0.15, 0.2) is 48.7 Å². The second-order valence-electron chi connectivity index (χ2n) is 6.27. The molecule has 0 aliphatic carbocycles. The van der Waals surface area contributed by atoms with Crippen molar-refractivity contribution in [3.05, 3.63) is 71.6 Å². The lowest BCUT2D eigenvalue weighted by atomic mass is 9.99. The largest absolute Gasteiger partial charge is 0.363 e. The van der Waals surface area contributed by atoms with Gasteiger partial charge in [-0.05, 0) is 18.2 Å². The van der Waals surface area contributed by atoms with Crippen LogP contribution in [0.3, 0.4) is 0 Å². The van der Waals surface area contributed by atoms with Gasteiger partial charge in [0.1, 0.15) is 10.7 Å². The molecule has 2 aromatic heterocycles. The Morgan fingerprint density at radius 3 is 2.85 bits per heavy atom. The van der Waals surface area contributed by atoms with E-state index in [1.54, 1.807) is 4.68 Å². The van der Waals surface area contributed by atoms with Crippen LogP contribution in [0.4, 0.5) is 0 Å². The molecule has 2 aliphatic heterocycles. The fourth-order valence-corrected chi connectivity index (χ4v) is 5.33. The molecule has 3 aromatic rings. The zero-order chi connectivity index (χ0) is 17.7. The molecule has 0 spiro atoms. The van der Waals surface area contributed by atoms with Crippen LogP contribution in [-0.4, -0.2) is 42.9 Å². The highest BCUT2D eigenvalue weighted by atomic mass is 32.2. The number of primary amides is 1. The van der Waals surface area contributed by atoms with E-state index in [2.05, 4.69) is 32.1 Å². The van der Waals surface area contributed by atoms with E-state index in [0.29, 0.717) is 12.4 Å². The highest BCUT2D eigenvalue weighted by molar-refractivity contribution is 8.00. The van der Waals surface area contributed by atoms with Gasteiger partial charge in [-0.2, -0.15) is 0 Å². The van der Waals surface area contributed by atoms with Crippen molar-refractivity contribution in [3.8, 4) is 5.69 Å². The number of pyridine rings is 1. The summed E-state index contributed by atoms with van der Waals surface area (Å²) in [5.74, 6) is 1.13. The van der Waals surface area contributed by atoms with Crippen LogP contribution in [0.2, 0.25) is 0 Å². The van der Waals surface area contributed by atoms with Crippen LogP contribution in [0.25, 0.3) is 5.69 Å². The van der Waals surface area contributed by atoms with Gasteiger partial charge in [-0.3, -0.25) is 14.7 Å². The number of fused-ring (bicyclic) bond motifs is 5. The predicted octanol–water partition coefficient (Wildman–Crippen LogP) is 1.52. The highest BCUT2D eigenvalue weighted by Crippen LogP contribution is 2.52. The van der Waals surface area contributed by atoms with Gasteiger partial charge in [-0.15, -0.1) is 16.9 Å². The van der Waals surface area contributed by atoms with Crippen molar-refractivity contribution >= 4 is 17.7 Å². The van der Waals surface area contributed by atoms with Crippen LogP contribution in [0.5, 0.6) is 0 Å². The van der Waals surface area contributed by atoms with Crippen molar-refractivity contribution in [2.45, 2.75) is 11.4 Å². The summed E-state index contributed by atoms with van der Waals surface area (Å²) in [6.45, 7) is 1.47. The summed E-state index contributed by atoms with van der Waals surface area (Å²) in [4.78, 5) is 22.6. The molecule has 0 radical (unpaired) electrons. The monoisotopic (exact) mass is 364 g/mol. The molecular formula is C18H16N6OS. The van der Waals surface area contributed by atoms with E-state index in [4.69, 9.17) is 5.73 Å². The number of hydrogen-bond acceptors (Lipinski definition) is 6. The Labute approximate surface area is 154 Å². The van der Waals surface area contributed by atoms with Gasteiger partial charge in [0.25, 0.3) is 5.91 Å². The number of para-hydroxylation sites is 1. The first kappa shape index (κ1) is 15.5. The Morgan fingerprint density at radius 2 is 2.04 bits per heavy atom. The lowest BCUT2D eigenvalue weighted by Crippen LogP contribution is -2.40. The second kappa shape index (κ2) is 5.65. The zero-order valence-corrected chi connectivity index (χ0v) is 14.7. The van der Waals surface area contributed by atoms with Gasteiger partial charge >= 0.3 is 0 Å². The molecule has 0 saturated carbocycles. The molecule has 2 N–H and O–H groups in total. The second-order valence-corrected chi connectivity index (χ2v) is 7.56. The molecule has 1 atom stereocenters. The Kier molecular flexibility index (Phi) is 3.38. The molecule has 26 heavy (non-hydrogen) atoms. The summed E-state index contributed by atoms with van der Waals surface area (Å²) in [7, 11) is 0. The molecule has 1 amide bonds. The highest BCUT2D eigenvalue weighted by Gasteiger charge is 2.49. The normalized spacial score (nSPS) is 21.5. The van der Waals surface area contributed by atoms with Crippen LogP contribution >= 0.6 is 11.8 Å². The number of aromatic nitrogens is 4. The number of carbonyl (C=O) groups is 1. The maximum atomic E-state index is 11.6. The van der Waals surface area contributed by atoms with E-state index in [1.165, 1.54) is 0 Å². The molecule has 1 saturated heterocycles. The average molecular weight is 364 g/mol. The fraction of sp³-hybridized carbons (Fsp3) is 0.222. The molecule has 1 fully saturated rings. The van der Waals surface area contributed by atoms with Crippen LogP contribution in [-0.2, 0) is 11.4 Å². The fourth-order valence-electron chi connectivity index (χ4n) is 3.79. The Balaban J connectivity index is 1.81. The first-order chi connectivity index (χ1) is 12.7. The van der Waals surface area contributed by atoms with Crippen LogP contribution in [0, 0.1) is 0 Å². The van der Waals surface area contributed by atoms with E-state index in [-0.39, 0.29) is 5.82 Å². The van der Waals surface area contributed by atoms with Crippen molar-refractivity contribution < 1.29 is 4.79 Å². The number of amides is 1. The van der Waals surface area contributed by atoms with E-state index >= 15 is 0 Å². The maximum Gasteiger partial charge on any atom is 0.288 e. The first-order valence-electron chi connectivity index (χ1n) is 8.36. The van der Waals surface area contributed by atoms with E-state index in [1.807, 2.05) is 48.3 Å². The summed E-state index contributed by atoms with van der Waals surface area (Å²) >= 11 is 1.87. The summed E-state index contributed by atoms with van der Waals surface area (Å²) in [5, 5.41) is 4.38. The topological polar surface area (TPSA) is 89.9 Å². The minimum atomic E-state index is -0.616. The Bertz CT molecular complexity index is 1000. The molecule has 1 aromatic carbocycles. The third-order valence-corrected chi connectivity index (χ3v) is 6.35. The zero-order valence-electron chi connectivity index (χ0n) is 13.9. The van der Waals surface area contributed by atoms with Crippen molar-refractivity contribution in [2.75, 3.05) is 12.3 Å². The van der Waals surface area contributed by atoms with Gasteiger partial charge in [0.15, 0.2) is 0 Å². The summed E-state index contributed by atoms with van der Waals surface area (Å²) in [6.07, 6.45) is 1.83. The van der Waals surface area contributed by atoms with E-state index in [9.17, 15) is 4.79 Å². The molecule has 7 nitrogen and oxygen atoms in total. The van der Waals surface area contributed by atoms with Crippen LogP contribution in [0.1, 0.15) is 27.7 Å². The molecular weight excluding hydrogens is 348 g/mol. The quantitative estimate of drug-likeness (QED) is 0.742. The smallest absolute Gasteiger partial charge is 0.288 e. The number of thioether (sulfide) groups is 1. The number of carbonyl (C=O) groups excluding carboxylic acids is 1. The van der Waals surface area contributed by atoms with Gasteiger partial charge in [0.2, 0.25) is 5.82 Å². The molecule has 0 bridgehead atoms. The average Bonchev–Trinajstić information content (AvgIpc) is 3.26. The van der Waals surface area contributed by atoms with E-state index in [0.717, 1.165) is 29.2 Å². The third-order valence-electron chi connectivity index (χ3n) is 4.85. The van der Waals surface area contributed by atoms with Gasteiger partial charge in [0, 0.05) is 24.1 Å². The van der Waals surface area contributed by atoms with Crippen molar-refractivity contribution in [3.63, 3.8) is 0 Å². The number of benzene rings is 1. The summed E-state index contributed by atoms with van der Waals surface area (Å²) in [6, 6.07) is 14.1. The van der Waals surface area contributed by atoms with Gasteiger partial charge < -0.3 is 5.73 Å². The van der Waals surface area contributed by atoms with E-state index < -0.39 is 10.8 Å². The van der Waals surface area contributed by atoms with Gasteiger partial charge in [-0.1, -0.05) is 24.3 Å².